The van der Waals surface area contributed by atoms with Crippen molar-refractivity contribution in [3.8, 4) is 5.75 Å². The zero-order valence-electron chi connectivity index (χ0n) is 17.3. The Bertz CT molecular complexity index is 1050. The van der Waals surface area contributed by atoms with Gasteiger partial charge in [0.2, 0.25) is 5.91 Å². The monoisotopic (exact) mass is 486 g/mol. The van der Waals surface area contributed by atoms with Gasteiger partial charge in [0.1, 0.15) is 11.8 Å². The fraction of sp³-hybridized carbons (Fsp3) is 0.333. The molecular formula is C21H22F3N2O6P. The summed E-state index contributed by atoms with van der Waals surface area (Å²) < 4.78 is 54.3. The lowest BCUT2D eigenvalue weighted by atomic mass is 10.1. The molecule has 1 fully saturated rings. The molecule has 8 nitrogen and oxygen atoms in total. The van der Waals surface area contributed by atoms with Crippen LogP contribution in [0.25, 0.3) is 0 Å². The molecule has 3 rings (SSSR count). The second-order valence-electron chi connectivity index (χ2n) is 7.59. The molecule has 1 atom stereocenters. The molecule has 1 aliphatic heterocycles. The molecule has 0 unspecified atom stereocenters. The van der Waals surface area contributed by atoms with Gasteiger partial charge in [0.05, 0.1) is 5.56 Å². The largest absolute Gasteiger partial charge is 0.524 e. The number of hydrogen-bond donors (Lipinski definition) is 3. The molecule has 2 amide bonds. The van der Waals surface area contributed by atoms with Gasteiger partial charge in [-0.3, -0.25) is 19.4 Å². The van der Waals surface area contributed by atoms with E-state index in [9.17, 15) is 27.3 Å². The fourth-order valence-electron chi connectivity index (χ4n) is 3.51. The molecule has 2 aromatic rings. The number of phosphoric acid groups is 1. The van der Waals surface area contributed by atoms with Crippen LogP contribution >= 0.6 is 7.82 Å². The Morgan fingerprint density at radius 1 is 1.15 bits per heavy atom. The van der Waals surface area contributed by atoms with Gasteiger partial charge in [-0.25, -0.2) is 4.57 Å². The van der Waals surface area contributed by atoms with E-state index in [0.717, 1.165) is 12.1 Å². The predicted molar refractivity (Wildman–Crippen MR) is 111 cm³/mol. The molecule has 1 saturated heterocycles. The van der Waals surface area contributed by atoms with Crippen LogP contribution in [0.1, 0.15) is 40.7 Å². The molecular weight excluding hydrogens is 464 g/mol. The number of alkyl halides is 3. The third kappa shape index (κ3) is 7.05. The van der Waals surface area contributed by atoms with Crippen LogP contribution in [0.5, 0.6) is 5.75 Å². The standard InChI is InChI=1S/C21H22F3N2O6P/c22-21(23,24)16-5-3-4-14(12-16)13-26-11-2-1-6-18(20(26)28)25-19(27)15-7-9-17(10-8-15)32-33(29,30)31/h3-5,7-10,12,18H,1-2,6,11,13H2,(H,25,27)(H2,29,30,31)/t18-/m0/s1. The van der Waals surface area contributed by atoms with Crippen LogP contribution in [0.2, 0.25) is 0 Å². The van der Waals surface area contributed by atoms with Crippen molar-refractivity contribution in [3.05, 3.63) is 65.2 Å². The van der Waals surface area contributed by atoms with E-state index in [4.69, 9.17) is 9.79 Å². The number of hydrogen-bond acceptors (Lipinski definition) is 4. The minimum atomic E-state index is -4.73. The molecule has 2 aromatic carbocycles. The van der Waals surface area contributed by atoms with Crippen molar-refractivity contribution in [1.82, 2.24) is 10.2 Å². The highest BCUT2D eigenvalue weighted by Gasteiger charge is 2.32. The molecule has 0 saturated carbocycles. The highest BCUT2D eigenvalue weighted by Crippen LogP contribution is 2.37. The van der Waals surface area contributed by atoms with E-state index in [0.29, 0.717) is 31.4 Å². The normalized spacial score (nSPS) is 17.4. The number of amides is 2. The zero-order valence-corrected chi connectivity index (χ0v) is 18.2. The Labute approximate surface area is 187 Å². The van der Waals surface area contributed by atoms with Crippen molar-refractivity contribution in [2.24, 2.45) is 0 Å². The van der Waals surface area contributed by atoms with E-state index < -0.39 is 31.5 Å². The number of nitrogens with one attached hydrogen (secondary N) is 1. The van der Waals surface area contributed by atoms with Crippen molar-refractivity contribution < 1.29 is 41.6 Å². The summed E-state index contributed by atoms with van der Waals surface area (Å²) >= 11 is 0. The van der Waals surface area contributed by atoms with Crippen molar-refractivity contribution in [3.63, 3.8) is 0 Å². The van der Waals surface area contributed by atoms with Crippen LogP contribution in [0.15, 0.2) is 48.5 Å². The van der Waals surface area contributed by atoms with Gasteiger partial charge in [0.15, 0.2) is 0 Å². The van der Waals surface area contributed by atoms with Crippen LogP contribution in [-0.2, 0) is 22.1 Å². The summed E-state index contributed by atoms with van der Waals surface area (Å²) in [5, 5.41) is 2.64. The smallest absolute Gasteiger partial charge is 0.404 e. The van der Waals surface area contributed by atoms with Gasteiger partial charge in [-0.2, -0.15) is 13.2 Å². The summed E-state index contributed by atoms with van der Waals surface area (Å²) in [6, 6.07) is 8.94. The maximum absolute atomic E-state index is 13.0. The third-order valence-electron chi connectivity index (χ3n) is 5.05. The molecule has 12 heteroatoms. The van der Waals surface area contributed by atoms with Crippen LogP contribution in [0, 0.1) is 0 Å². The third-order valence-corrected chi connectivity index (χ3v) is 5.50. The Balaban J connectivity index is 1.68. The molecule has 1 aliphatic rings. The molecule has 3 N–H and O–H groups in total. The number of carbonyl (C=O) groups is 2. The summed E-state index contributed by atoms with van der Waals surface area (Å²) in [6.07, 6.45) is -2.82. The van der Waals surface area contributed by atoms with E-state index in [1.807, 2.05) is 0 Å². The average molecular weight is 486 g/mol. The van der Waals surface area contributed by atoms with Crippen molar-refractivity contribution in [1.29, 1.82) is 0 Å². The lowest BCUT2D eigenvalue weighted by Crippen LogP contribution is -2.47. The molecule has 0 bridgehead atoms. The molecule has 1 heterocycles. The first-order valence-electron chi connectivity index (χ1n) is 10.0. The van der Waals surface area contributed by atoms with Gasteiger partial charge in [0, 0.05) is 18.7 Å². The summed E-state index contributed by atoms with van der Waals surface area (Å²) in [6.45, 7) is 0.347. The van der Waals surface area contributed by atoms with Crippen LogP contribution < -0.4 is 9.84 Å². The maximum Gasteiger partial charge on any atom is 0.524 e. The highest BCUT2D eigenvalue weighted by atomic mass is 31.2. The Kier molecular flexibility index (Phi) is 7.46. The number of rotatable bonds is 6. The highest BCUT2D eigenvalue weighted by molar-refractivity contribution is 7.46. The van der Waals surface area contributed by atoms with Gasteiger partial charge < -0.3 is 14.7 Å². The first-order chi connectivity index (χ1) is 15.4. The number of likely N-dealkylation sites (tertiary alicyclic amines) is 1. The van der Waals surface area contributed by atoms with Crippen LogP contribution in [0.3, 0.4) is 0 Å². The molecule has 178 valence electrons. The van der Waals surface area contributed by atoms with E-state index in [2.05, 4.69) is 9.84 Å². The predicted octanol–water partition coefficient (Wildman–Crippen LogP) is 3.49. The van der Waals surface area contributed by atoms with Crippen molar-refractivity contribution in [2.45, 2.75) is 38.0 Å². The maximum atomic E-state index is 13.0. The van der Waals surface area contributed by atoms with Crippen molar-refractivity contribution >= 4 is 19.6 Å². The Morgan fingerprint density at radius 3 is 2.48 bits per heavy atom. The summed E-state index contributed by atoms with van der Waals surface area (Å²) in [5.41, 5.74) is -0.307. The summed E-state index contributed by atoms with van der Waals surface area (Å²) in [5.74, 6) is -1.09. The van der Waals surface area contributed by atoms with Crippen LogP contribution in [0.4, 0.5) is 13.2 Å². The van der Waals surface area contributed by atoms with E-state index >= 15 is 0 Å². The van der Waals surface area contributed by atoms with Crippen LogP contribution in [-0.4, -0.2) is 39.1 Å². The minimum Gasteiger partial charge on any atom is -0.404 e. The average Bonchev–Trinajstić information content (AvgIpc) is 2.89. The Morgan fingerprint density at radius 2 is 1.85 bits per heavy atom. The molecule has 0 aromatic heterocycles. The lowest BCUT2D eigenvalue weighted by Gasteiger charge is -2.25. The first kappa shape index (κ1) is 24.8. The van der Waals surface area contributed by atoms with E-state index in [1.165, 1.54) is 41.3 Å². The second kappa shape index (κ2) is 9.94. The molecule has 0 radical (unpaired) electrons. The quantitative estimate of drug-likeness (QED) is 0.539. The number of nitrogens with zero attached hydrogens (tertiary/aromatic N) is 1. The van der Waals surface area contributed by atoms with Crippen molar-refractivity contribution in [2.75, 3.05) is 6.54 Å². The molecule has 33 heavy (non-hydrogen) atoms. The van der Waals surface area contributed by atoms with Gasteiger partial charge in [-0.15, -0.1) is 0 Å². The number of carbonyl (C=O) groups excluding carboxylic acids is 2. The molecule has 0 aliphatic carbocycles. The van der Waals surface area contributed by atoms with Gasteiger partial charge >= 0.3 is 14.0 Å². The van der Waals surface area contributed by atoms with E-state index in [1.54, 1.807) is 0 Å². The second-order valence-corrected chi connectivity index (χ2v) is 8.75. The molecule has 0 spiro atoms. The number of halogens is 3. The SMILES string of the molecule is O=C(N[C@H]1CCCCN(Cc2cccc(C(F)(F)F)c2)C1=O)c1ccc(OP(=O)(O)O)cc1. The fourth-order valence-corrected chi connectivity index (χ4v) is 3.90. The van der Waals surface area contributed by atoms with E-state index in [-0.39, 0.29) is 23.8 Å². The first-order valence-corrected chi connectivity index (χ1v) is 11.6. The summed E-state index contributed by atoms with van der Waals surface area (Å²) in [7, 11) is -4.73. The van der Waals surface area contributed by atoms with Gasteiger partial charge in [-0.05, 0) is 61.2 Å². The topological polar surface area (TPSA) is 116 Å². The lowest BCUT2D eigenvalue weighted by molar-refractivity contribution is -0.137. The van der Waals surface area contributed by atoms with Gasteiger partial charge in [0.25, 0.3) is 5.91 Å². The zero-order chi connectivity index (χ0) is 24.2. The summed E-state index contributed by atoms with van der Waals surface area (Å²) in [4.78, 5) is 44.7. The number of phosphoric ester groups is 1. The van der Waals surface area contributed by atoms with Gasteiger partial charge in [-0.1, -0.05) is 12.1 Å². The Hall–Kier alpha value is -2.88. The number of benzene rings is 2. The minimum absolute atomic E-state index is 0.0104.